The highest BCUT2D eigenvalue weighted by Gasteiger charge is 2.19. The van der Waals surface area contributed by atoms with Crippen molar-refractivity contribution >= 4 is 17.9 Å². The summed E-state index contributed by atoms with van der Waals surface area (Å²) in [5.41, 5.74) is 0. The first-order valence-corrected chi connectivity index (χ1v) is 28.5. The zero-order chi connectivity index (χ0) is 50.7. The number of carbonyl (C=O) groups excluding carboxylic acids is 3. The van der Waals surface area contributed by atoms with Gasteiger partial charge in [0.15, 0.2) is 6.10 Å². The Morgan fingerprint density at radius 1 is 0.300 bits per heavy atom. The zero-order valence-electron chi connectivity index (χ0n) is 45.2. The van der Waals surface area contributed by atoms with Gasteiger partial charge in [-0.05, 0) is 103 Å². The highest BCUT2D eigenvalue weighted by Crippen LogP contribution is 2.15. The average molecular weight is 970 g/mol. The Kier molecular flexibility index (Phi) is 54.0. The summed E-state index contributed by atoms with van der Waals surface area (Å²) in [6, 6.07) is 0. The van der Waals surface area contributed by atoms with Crippen LogP contribution in [-0.4, -0.2) is 37.2 Å². The van der Waals surface area contributed by atoms with Crippen LogP contribution in [0.15, 0.2) is 122 Å². The summed E-state index contributed by atoms with van der Waals surface area (Å²) < 4.78 is 16.8. The van der Waals surface area contributed by atoms with Gasteiger partial charge in [-0.2, -0.15) is 0 Å². The van der Waals surface area contributed by atoms with Crippen LogP contribution in [0.5, 0.6) is 0 Å². The van der Waals surface area contributed by atoms with Crippen molar-refractivity contribution in [1.29, 1.82) is 0 Å². The van der Waals surface area contributed by atoms with Crippen LogP contribution < -0.4 is 0 Å². The third-order valence-electron chi connectivity index (χ3n) is 11.7. The molecular formula is C64H104O6. The Morgan fingerprint density at radius 2 is 0.571 bits per heavy atom. The van der Waals surface area contributed by atoms with E-state index in [-0.39, 0.29) is 37.5 Å². The van der Waals surface area contributed by atoms with Crippen LogP contribution in [0.3, 0.4) is 0 Å². The van der Waals surface area contributed by atoms with Gasteiger partial charge >= 0.3 is 17.9 Å². The molecule has 0 aromatic rings. The Morgan fingerprint density at radius 3 is 0.914 bits per heavy atom. The molecule has 0 spiro atoms. The Hall–Kier alpha value is -4.19. The summed E-state index contributed by atoms with van der Waals surface area (Å²) in [6.45, 7) is 6.34. The third kappa shape index (κ3) is 54.7. The van der Waals surface area contributed by atoms with E-state index < -0.39 is 6.10 Å². The fourth-order valence-electron chi connectivity index (χ4n) is 7.50. The topological polar surface area (TPSA) is 78.9 Å². The monoisotopic (exact) mass is 969 g/mol. The van der Waals surface area contributed by atoms with E-state index in [2.05, 4.69) is 142 Å². The van der Waals surface area contributed by atoms with E-state index in [9.17, 15) is 14.4 Å². The highest BCUT2D eigenvalue weighted by molar-refractivity contribution is 5.71. The van der Waals surface area contributed by atoms with Crippen LogP contribution in [0, 0.1) is 0 Å². The van der Waals surface area contributed by atoms with Gasteiger partial charge in [-0.3, -0.25) is 14.4 Å². The number of unbranched alkanes of at least 4 members (excludes halogenated alkanes) is 19. The highest BCUT2D eigenvalue weighted by atomic mass is 16.6. The Bertz CT molecular complexity index is 1490. The largest absolute Gasteiger partial charge is 0.462 e. The maximum atomic E-state index is 12.8. The molecule has 0 unspecified atom stereocenters. The lowest BCUT2D eigenvalue weighted by molar-refractivity contribution is -0.167. The zero-order valence-corrected chi connectivity index (χ0v) is 45.2. The summed E-state index contributed by atoms with van der Waals surface area (Å²) >= 11 is 0. The van der Waals surface area contributed by atoms with Gasteiger partial charge in [0.25, 0.3) is 0 Å². The molecule has 70 heavy (non-hydrogen) atoms. The van der Waals surface area contributed by atoms with E-state index >= 15 is 0 Å². The second-order valence-electron chi connectivity index (χ2n) is 18.4. The molecule has 0 aliphatic rings. The van der Waals surface area contributed by atoms with Gasteiger partial charge in [-0.25, -0.2) is 0 Å². The van der Waals surface area contributed by atoms with Crippen molar-refractivity contribution in [1.82, 2.24) is 0 Å². The summed E-state index contributed by atoms with van der Waals surface area (Å²) in [7, 11) is 0. The van der Waals surface area contributed by atoms with Crippen LogP contribution >= 0.6 is 0 Å². The Labute approximate surface area is 431 Å². The van der Waals surface area contributed by atoms with E-state index in [1.54, 1.807) is 0 Å². The number of allylic oxidation sites excluding steroid dienone is 20. The van der Waals surface area contributed by atoms with E-state index in [1.807, 2.05) is 0 Å². The molecule has 0 amide bonds. The predicted octanol–water partition coefficient (Wildman–Crippen LogP) is 19.3. The maximum Gasteiger partial charge on any atom is 0.306 e. The average Bonchev–Trinajstić information content (AvgIpc) is 3.36. The molecule has 6 nitrogen and oxygen atoms in total. The molecule has 0 aromatic heterocycles. The Balaban J connectivity index is 4.54. The van der Waals surface area contributed by atoms with Crippen LogP contribution in [0.1, 0.15) is 245 Å². The van der Waals surface area contributed by atoms with E-state index in [1.165, 1.54) is 83.5 Å². The number of hydrogen-bond donors (Lipinski definition) is 0. The standard InChI is InChI=1S/C64H104O6/c1-4-7-10-13-16-19-22-25-28-31-32-34-36-39-42-45-48-51-54-57-63(66)69-60-61(59-68-62(65)56-53-50-47-44-41-38-35-30-27-24-21-18-15-12-9-6-3)70-64(67)58-55-52-49-46-43-40-37-33-29-26-23-20-17-14-11-8-5-2/h7-8,10-11,16-17,19-20,25-26,28-29,32,34,37,39-40,42,46,49,61H,4-6,9,12-15,18,21-24,27,30-31,33,35-36,38,41,43-45,47-48,50-60H2,1-3H3/b10-7+,11-8+,19-16+,20-17+,28-25+,29-26+,34-32+,40-37+,42-39+,49-46+/t61-/m1/s1. The first-order chi connectivity index (χ1) is 34.5. The molecule has 0 bridgehead atoms. The van der Waals surface area contributed by atoms with Crippen LogP contribution in [-0.2, 0) is 28.6 Å². The second-order valence-corrected chi connectivity index (χ2v) is 18.4. The lowest BCUT2D eigenvalue weighted by atomic mass is 10.0. The first-order valence-electron chi connectivity index (χ1n) is 28.5. The molecule has 0 saturated heterocycles. The van der Waals surface area contributed by atoms with Gasteiger partial charge in [-0.1, -0.05) is 245 Å². The molecule has 0 saturated carbocycles. The molecule has 0 aliphatic carbocycles. The minimum Gasteiger partial charge on any atom is -0.462 e. The van der Waals surface area contributed by atoms with Crippen molar-refractivity contribution in [3.63, 3.8) is 0 Å². The van der Waals surface area contributed by atoms with Gasteiger partial charge in [0.1, 0.15) is 13.2 Å². The van der Waals surface area contributed by atoms with Gasteiger partial charge < -0.3 is 14.2 Å². The van der Waals surface area contributed by atoms with E-state index in [4.69, 9.17) is 14.2 Å². The molecule has 0 heterocycles. The van der Waals surface area contributed by atoms with Crippen molar-refractivity contribution in [3.8, 4) is 0 Å². The molecule has 0 aliphatic heterocycles. The number of ether oxygens (including phenoxy) is 3. The first kappa shape index (κ1) is 65.8. The minimum absolute atomic E-state index is 0.112. The van der Waals surface area contributed by atoms with Gasteiger partial charge in [0, 0.05) is 19.3 Å². The summed E-state index contributed by atoms with van der Waals surface area (Å²) in [6.07, 6.45) is 79.1. The van der Waals surface area contributed by atoms with E-state index in [0.717, 1.165) is 116 Å². The molecule has 0 rings (SSSR count). The quantitative estimate of drug-likeness (QED) is 0.0262. The SMILES string of the molecule is CC/C=C/C/C=C/C/C=C/C/C=C/C/C=C/CCCCCC(=O)OC[C@@H](COC(=O)CCCCCCCCCCCCCCCCCC)OC(=O)CCC/C=C/C/C=C/C/C=C/C/C=C/C/C=C/CC. The van der Waals surface area contributed by atoms with Crippen molar-refractivity contribution < 1.29 is 28.6 Å². The summed E-state index contributed by atoms with van der Waals surface area (Å²) in [5, 5.41) is 0. The predicted molar refractivity (Wildman–Crippen MR) is 302 cm³/mol. The number of rotatable bonds is 50. The molecule has 1 atom stereocenters. The van der Waals surface area contributed by atoms with Gasteiger partial charge in [0.2, 0.25) is 0 Å². The maximum absolute atomic E-state index is 12.8. The van der Waals surface area contributed by atoms with Crippen LogP contribution in [0.4, 0.5) is 0 Å². The van der Waals surface area contributed by atoms with Crippen molar-refractivity contribution in [2.24, 2.45) is 0 Å². The van der Waals surface area contributed by atoms with Gasteiger partial charge in [-0.15, -0.1) is 0 Å². The van der Waals surface area contributed by atoms with E-state index in [0.29, 0.717) is 19.3 Å². The molecule has 396 valence electrons. The number of esters is 3. The fraction of sp³-hybridized carbons (Fsp3) is 0.641. The van der Waals surface area contributed by atoms with Crippen LogP contribution in [0.2, 0.25) is 0 Å². The van der Waals surface area contributed by atoms with Crippen molar-refractivity contribution in [3.05, 3.63) is 122 Å². The minimum atomic E-state index is -0.824. The van der Waals surface area contributed by atoms with Crippen LogP contribution in [0.25, 0.3) is 0 Å². The van der Waals surface area contributed by atoms with Crippen molar-refractivity contribution in [2.75, 3.05) is 13.2 Å². The smallest absolute Gasteiger partial charge is 0.306 e. The summed E-state index contributed by atoms with van der Waals surface area (Å²) in [4.78, 5) is 38.1. The molecule has 0 aromatic carbocycles. The molecule has 0 radical (unpaired) electrons. The number of hydrogen-bond acceptors (Lipinski definition) is 6. The molecule has 6 heteroatoms. The fourth-order valence-corrected chi connectivity index (χ4v) is 7.50. The lowest BCUT2D eigenvalue weighted by Crippen LogP contribution is -2.30. The molecule has 0 N–H and O–H groups in total. The molecule has 0 fully saturated rings. The normalized spacial score (nSPS) is 13.0. The lowest BCUT2D eigenvalue weighted by Gasteiger charge is -2.18. The number of carbonyl (C=O) groups is 3. The second kappa shape index (κ2) is 57.4. The third-order valence-corrected chi connectivity index (χ3v) is 11.7. The molecular weight excluding hydrogens is 865 g/mol. The van der Waals surface area contributed by atoms with Crippen molar-refractivity contribution in [2.45, 2.75) is 252 Å². The summed E-state index contributed by atoms with van der Waals surface area (Å²) in [5.74, 6) is -1.00. The van der Waals surface area contributed by atoms with Gasteiger partial charge in [0.05, 0.1) is 0 Å².